The first-order valence-corrected chi connectivity index (χ1v) is 8.01. The smallest absolute Gasteiger partial charge is 0.201 e. The van der Waals surface area contributed by atoms with Crippen molar-refractivity contribution in [2.24, 2.45) is 5.92 Å². The lowest BCUT2D eigenvalue weighted by Gasteiger charge is -2.21. The molecule has 104 valence electrons. The molecule has 0 aromatic heterocycles. The lowest BCUT2D eigenvalue weighted by atomic mass is 10.1. The van der Waals surface area contributed by atoms with E-state index in [1.54, 1.807) is 36.1 Å². The van der Waals surface area contributed by atoms with Crippen LogP contribution in [-0.4, -0.2) is 37.6 Å². The zero-order chi connectivity index (χ0) is 14.2. The van der Waals surface area contributed by atoms with Gasteiger partial charge in [-0.3, -0.25) is 9.69 Å². The Bertz CT molecular complexity index is 577. The predicted molar refractivity (Wildman–Crippen MR) is 73.6 cm³/mol. The first-order chi connectivity index (χ1) is 8.87. The maximum Gasteiger partial charge on any atom is 0.201 e. The van der Waals surface area contributed by atoms with Gasteiger partial charge < -0.3 is 0 Å². The molecule has 1 saturated heterocycles. The molecule has 0 amide bonds. The molecule has 0 radical (unpaired) electrons. The van der Waals surface area contributed by atoms with Crippen LogP contribution in [0.4, 0.5) is 0 Å². The molecule has 4 nitrogen and oxygen atoms in total. The van der Waals surface area contributed by atoms with Gasteiger partial charge in [-0.05, 0) is 25.6 Å². The topological polar surface area (TPSA) is 54.5 Å². The summed E-state index contributed by atoms with van der Waals surface area (Å²) in [6.07, 6.45) is 0. The van der Waals surface area contributed by atoms with E-state index in [1.165, 1.54) is 0 Å². The summed E-state index contributed by atoms with van der Waals surface area (Å²) in [5, 5.41) is -1.02. The van der Waals surface area contributed by atoms with Gasteiger partial charge in [0.2, 0.25) is 9.84 Å². The van der Waals surface area contributed by atoms with Crippen LogP contribution in [0.5, 0.6) is 0 Å². The van der Waals surface area contributed by atoms with Crippen molar-refractivity contribution in [3.05, 3.63) is 29.8 Å². The van der Waals surface area contributed by atoms with Crippen LogP contribution in [0.15, 0.2) is 29.2 Å². The van der Waals surface area contributed by atoms with Crippen molar-refractivity contribution in [1.82, 2.24) is 4.90 Å². The Morgan fingerprint density at radius 3 is 2.37 bits per heavy atom. The van der Waals surface area contributed by atoms with Gasteiger partial charge in [0.05, 0.1) is 4.90 Å². The Balaban J connectivity index is 2.44. The average Bonchev–Trinajstić information content (AvgIpc) is 2.66. The van der Waals surface area contributed by atoms with E-state index in [0.717, 1.165) is 5.56 Å². The van der Waals surface area contributed by atoms with Gasteiger partial charge in [0, 0.05) is 12.5 Å². The van der Waals surface area contributed by atoms with E-state index in [4.69, 9.17) is 0 Å². The van der Waals surface area contributed by atoms with Crippen LogP contribution in [0, 0.1) is 12.8 Å². The molecular weight excluding hydrogens is 262 g/mol. The first-order valence-electron chi connectivity index (χ1n) is 6.46. The van der Waals surface area contributed by atoms with Gasteiger partial charge in [0.25, 0.3) is 0 Å². The van der Waals surface area contributed by atoms with Gasteiger partial charge >= 0.3 is 0 Å². The van der Waals surface area contributed by atoms with Crippen LogP contribution in [0.2, 0.25) is 0 Å². The summed E-state index contributed by atoms with van der Waals surface area (Å²) in [6, 6.07) is 6.67. The van der Waals surface area contributed by atoms with Crippen molar-refractivity contribution in [3.63, 3.8) is 0 Å². The minimum atomic E-state index is -3.62. The van der Waals surface area contributed by atoms with Gasteiger partial charge in [0.15, 0.2) is 11.2 Å². The van der Waals surface area contributed by atoms with Crippen molar-refractivity contribution in [1.29, 1.82) is 0 Å². The van der Waals surface area contributed by atoms with E-state index in [1.807, 2.05) is 13.8 Å². The zero-order valence-corrected chi connectivity index (χ0v) is 12.3. The van der Waals surface area contributed by atoms with Crippen molar-refractivity contribution >= 4 is 15.6 Å². The summed E-state index contributed by atoms with van der Waals surface area (Å²) in [4.78, 5) is 14.1. The fraction of sp³-hybridized carbons (Fsp3) is 0.500. The number of sulfone groups is 1. The van der Waals surface area contributed by atoms with Crippen LogP contribution in [-0.2, 0) is 14.6 Å². The van der Waals surface area contributed by atoms with Crippen molar-refractivity contribution in [2.75, 3.05) is 13.1 Å². The molecule has 2 unspecified atom stereocenters. The number of carbonyl (C=O) groups is 1. The Hall–Kier alpha value is -1.20. The molecule has 1 aliphatic rings. The maximum absolute atomic E-state index is 12.6. The Kier molecular flexibility index (Phi) is 3.78. The molecule has 1 aliphatic heterocycles. The van der Waals surface area contributed by atoms with E-state index in [9.17, 15) is 13.2 Å². The van der Waals surface area contributed by atoms with Crippen molar-refractivity contribution < 1.29 is 13.2 Å². The molecule has 0 N–H and O–H groups in total. The van der Waals surface area contributed by atoms with Crippen LogP contribution in [0.1, 0.15) is 19.4 Å². The number of rotatable bonds is 3. The summed E-state index contributed by atoms with van der Waals surface area (Å²) >= 11 is 0. The third-order valence-electron chi connectivity index (χ3n) is 3.62. The number of aryl methyl sites for hydroxylation is 1. The second kappa shape index (κ2) is 5.06. The molecule has 0 spiro atoms. The molecular formula is C14H19NO3S. The van der Waals surface area contributed by atoms with E-state index in [0.29, 0.717) is 13.1 Å². The highest BCUT2D eigenvalue weighted by Crippen LogP contribution is 2.28. The number of hydrogen-bond acceptors (Lipinski definition) is 4. The van der Waals surface area contributed by atoms with Gasteiger partial charge in [-0.1, -0.05) is 31.5 Å². The van der Waals surface area contributed by atoms with Crippen LogP contribution in [0.25, 0.3) is 0 Å². The molecule has 0 bridgehead atoms. The van der Waals surface area contributed by atoms with Crippen LogP contribution >= 0.6 is 0 Å². The number of likely N-dealkylation sites (tertiary alicyclic amines) is 1. The van der Waals surface area contributed by atoms with Gasteiger partial charge in [-0.25, -0.2) is 8.42 Å². The third kappa shape index (κ3) is 2.44. The minimum absolute atomic E-state index is 0.192. The van der Waals surface area contributed by atoms with E-state index < -0.39 is 15.2 Å². The molecule has 0 aliphatic carbocycles. The summed E-state index contributed by atoms with van der Waals surface area (Å²) in [5.41, 5.74) is 0.998. The Morgan fingerprint density at radius 2 is 1.84 bits per heavy atom. The van der Waals surface area contributed by atoms with Gasteiger partial charge in [0.1, 0.15) is 0 Å². The SMILES string of the molecule is CCN1CC(C)C(=O)C1S(=O)(=O)c1ccc(C)cc1. The number of carbonyl (C=O) groups excluding carboxylic acids is 1. The number of benzene rings is 1. The van der Waals surface area contributed by atoms with Crippen molar-refractivity contribution in [3.8, 4) is 0 Å². The molecule has 1 aromatic carbocycles. The molecule has 2 rings (SSSR count). The number of likely N-dealkylation sites (N-methyl/N-ethyl adjacent to an activating group) is 1. The van der Waals surface area contributed by atoms with Gasteiger partial charge in [-0.2, -0.15) is 0 Å². The number of Topliss-reactive ketones (excluding diaryl/α,β-unsaturated/α-hetero) is 1. The first kappa shape index (κ1) is 14.2. The second-order valence-corrected chi connectivity index (χ2v) is 7.11. The van der Waals surface area contributed by atoms with Crippen LogP contribution in [0.3, 0.4) is 0 Å². The van der Waals surface area contributed by atoms with E-state index in [-0.39, 0.29) is 16.6 Å². The van der Waals surface area contributed by atoms with Crippen LogP contribution < -0.4 is 0 Å². The maximum atomic E-state index is 12.6. The van der Waals surface area contributed by atoms with E-state index >= 15 is 0 Å². The molecule has 1 fully saturated rings. The highest BCUT2D eigenvalue weighted by Gasteiger charge is 2.45. The molecule has 5 heteroatoms. The molecule has 19 heavy (non-hydrogen) atoms. The normalized spacial score (nSPS) is 24.9. The monoisotopic (exact) mass is 281 g/mol. The molecule has 0 saturated carbocycles. The van der Waals surface area contributed by atoms with Gasteiger partial charge in [-0.15, -0.1) is 0 Å². The number of nitrogens with zero attached hydrogens (tertiary/aromatic N) is 1. The lowest BCUT2D eigenvalue weighted by Crippen LogP contribution is -2.39. The summed E-state index contributed by atoms with van der Waals surface area (Å²) in [5.74, 6) is -0.410. The second-order valence-electron chi connectivity index (χ2n) is 5.10. The molecule has 1 heterocycles. The molecule has 2 atom stereocenters. The minimum Gasteiger partial charge on any atom is -0.296 e. The highest BCUT2D eigenvalue weighted by molar-refractivity contribution is 7.92. The predicted octanol–water partition coefficient (Wildman–Crippen LogP) is 1.64. The quantitative estimate of drug-likeness (QED) is 0.845. The number of ketones is 1. The van der Waals surface area contributed by atoms with Crippen molar-refractivity contribution in [2.45, 2.75) is 31.0 Å². The largest absolute Gasteiger partial charge is 0.296 e. The highest BCUT2D eigenvalue weighted by atomic mass is 32.2. The Labute approximate surface area is 114 Å². The van der Waals surface area contributed by atoms with E-state index in [2.05, 4.69) is 0 Å². The standard InChI is InChI=1S/C14H19NO3S/c1-4-15-9-11(3)13(16)14(15)19(17,18)12-7-5-10(2)6-8-12/h5-8,11,14H,4,9H2,1-3H3. The fourth-order valence-electron chi connectivity index (χ4n) is 2.46. The molecule has 1 aromatic rings. The number of hydrogen-bond donors (Lipinski definition) is 0. The summed E-state index contributed by atoms with van der Waals surface area (Å²) < 4.78 is 25.2. The zero-order valence-electron chi connectivity index (χ0n) is 11.5. The summed E-state index contributed by atoms with van der Waals surface area (Å²) in [6.45, 7) is 6.65. The Morgan fingerprint density at radius 1 is 1.26 bits per heavy atom. The summed E-state index contributed by atoms with van der Waals surface area (Å²) in [7, 11) is -3.62. The third-order valence-corrected chi connectivity index (χ3v) is 5.67. The fourth-order valence-corrected chi connectivity index (χ4v) is 4.40. The lowest BCUT2D eigenvalue weighted by molar-refractivity contribution is -0.120. The average molecular weight is 281 g/mol.